The van der Waals surface area contributed by atoms with Crippen LogP contribution in [0.15, 0.2) is 0 Å². The van der Waals surface area contributed by atoms with Gasteiger partial charge in [-0.1, -0.05) is 221 Å². The van der Waals surface area contributed by atoms with Gasteiger partial charge in [0.05, 0.1) is 26.4 Å². The number of phosphoric acid groups is 2. The van der Waals surface area contributed by atoms with Crippen molar-refractivity contribution < 1.29 is 80.2 Å². The Kier molecular flexibility index (Phi) is 49.0. The molecule has 444 valence electrons. The van der Waals surface area contributed by atoms with Crippen LogP contribution in [0.1, 0.15) is 272 Å². The molecule has 17 nitrogen and oxygen atoms in total. The Balaban J connectivity index is 5.10. The quantitative estimate of drug-likeness (QED) is 0.0222. The van der Waals surface area contributed by atoms with E-state index in [1.807, 2.05) is 0 Å². The van der Waals surface area contributed by atoms with Gasteiger partial charge in [-0.15, -0.1) is 0 Å². The summed E-state index contributed by atoms with van der Waals surface area (Å²) in [5.41, 5.74) is 0. The molecule has 0 aromatic heterocycles. The molecule has 75 heavy (non-hydrogen) atoms. The van der Waals surface area contributed by atoms with Gasteiger partial charge in [0.1, 0.15) is 19.3 Å². The third kappa shape index (κ3) is 51.3. The van der Waals surface area contributed by atoms with E-state index < -0.39 is 97.5 Å². The second-order valence-corrected chi connectivity index (χ2v) is 23.7. The van der Waals surface area contributed by atoms with Gasteiger partial charge in [-0.05, 0) is 31.6 Å². The van der Waals surface area contributed by atoms with Crippen LogP contribution in [0.3, 0.4) is 0 Å². The molecule has 3 N–H and O–H groups in total. The van der Waals surface area contributed by atoms with E-state index in [1.54, 1.807) is 0 Å². The van der Waals surface area contributed by atoms with Crippen molar-refractivity contribution in [3.8, 4) is 0 Å². The normalized spacial score (nSPS) is 14.5. The van der Waals surface area contributed by atoms with Crippen LogP contribution in [0.2, 0.25) is 0 Å². The third-order valence-corrected chi connectivity index (χ3v) is 14.7. The maximum atomic E-state index is 12.9. The predicted octanol–water partition coefficient (Wildman–Crippen LogP) is 14.7. The van der Waals surface area contributed by atoms with Gasteiger partial charge in [-0.2, -0.15) is 0 Å². The van der Waals surface area contributed by atoms with Gasteiger partial charge in [-0.25, -0.2) is 9.13 Å². The number of unbranched alkanes of at least 4 members (excludes halogenated alkanes) is 28. The molecule has 0 bridgehead atoms. The topological polar surface area (TPSA) is 237 Å². The van der Waals surface area contributed by atoms with Gasteiger partial charge in [-0.3, -0.25) is 37.3 Å². The molecular formula is C56H108O17P2. The minimum atomic E-state index is -4.93. The molecule has 0 radical (unpaired) electrons. The smallest absolute Gasteiger partial charge is 0.462 e. The van der Waals surface area contributed by atoms with Gasteiger partial charge < -0.3 is 33.8 Å². The first kappa shape index (κ1) is 73.1. The van der Waals surface area contributed by atoms with Crippen molar-refractivity contribution in [2.24, 2.45) is 5.92 Å². The summed E-state index contributed by atoms with van der Waals surface area (Å²) in [7, 11) is -9.85. The summed E-state index contributed by atoms with van der Waals surface area (Å²) in [6.45, 7) is 6.87. The maximum absolute atomic E-state index is 12.9. The van der Waals surface area contributed by atoms with E-state index >= 15 is 0 Å². The predicted molar refractivity (Wildman–Crippen MR) is 294 cm³/mol. The zero-order valence-corrected chi connectivity index (χ0v) is 49.5. The number of aliphatic hydroxyl groups is 1. The third-order valence-electron chi connectivity index (χ3n) is 12.8. The fraction of sp³-hybridized carbons (Fsp3) is 0.929. The number of carbonyl (C=O) groups excluding carboxylic acids is 4. The van der Waals surface area contributed by atoms with Gasteiger partial charge >= 0.3 is 39.5 Å². The minimum absolute atomic E-state index is 0.0986. The lowest BCUT2D eigenvalue weighted by Crippen LogP contribution is -2.30. The van der Waals surface area contributed by atoms with Crippen LogP contribution in [0.4, 0.5) is 0 Å². The molecule has 0 aliphatic heterocycles. The molecule has 0 aromatic rings. The van der Waals surface area contributed by atoms with Crippen molar-refractivity contribution in [1.82, 2.24) is 0 Å². The molecular weight excluding hydrogens is 1010 g/mol. The molecule has 2 unspecified atom stereocenters. The van der Waals surface area contributed by atoms with Crippen molar-refractivity contribution in [3.05, 3.63) is 0 Å². The molecule has 0 aliphatic rings. The zero-order valence-electron chi connectivity index (χ0n) is 47.7. The fourth-order valence-corrected chi connectivity index (χ4v) is 9.75. The van der Waals surface area contributed by atoms with Gasteiger partial charge in [0, 0.05) is 25.7 Å². The highest BCUT2D eigenvalue weighted by Gasteiger charge is 2.30. The van der Waals surface area contributed by atoms with Crippen LogP contribution in [0.25, 0.3) is 0 Å². The lowest BCUT2D eigenvalue weighted by Gasteiger charge is -2.21. The van der Waals surface area contributed by atoms with E-state index in [2.05, 4.69) is 34.6 Å². The average Bonchev–Trinajstić information content (AvgIpc) is 3.37. The first-order valence-corrected chi connectivity index (χ1v) is 32.6. The van der Waals surface area contributed by atoms with Crippen LogP contribution in [0, 0.1) is 5.92 Å². The Morgan fingerprint density at radius 1 is 0.360 bits per heavy atom. The number of hydrogen-bond acceptors (Lipinski definition) is 15. The summed E-state index contributed by atoms with van der Waals surface area (Å²) in [5, 5.41) is 10.4. The Bertz CT molecular complexity index is 1480. The fourth-order valence-electron chi connectivity index (χ4n) is 8.17. The molecule has 0 heterocycles. The summed E-state index contributed by atoms with van der Waals surface area (Å²) in [6.07, 6.45) is 31.7. The lowest BCUT2D eigenvalue weighted by molar-refractivity contribution is -0.161. The van der Waals surface area contributed by atoms with E-state index in [9.17, 15) is 43.2 Å². The van der Waals surface area contributed by atoms with E-state index in [0.29, 0.717) is 31.6 Å². The molecule has 5 atom stereocenters. The van der Waals surface area contributed by atoms with E-state index in [1.165, 1.54) is 83.5 Å². The summed E-state index contributed by atoms with van der Waals surface area (Å²) < 4.78 is 67.2. The summed E-state index contributed by atoms with van der Waals surface area (Å²) in [6, 6.07) is 0. The SMILES string of the molecule is CCCCCCCCCCCCCCCCCCC(=O)O[C@H](COC(=O)CCCCCCCCC(C)C)COP(=O)(O)OC[C@@H](O)COP(=O)(O)OC[C@@H](COC(=O)CCCCCCC)OC(=O)CCCCCCC. The Morgan fingerprint density at radius 3 is 0.907 bits per heavy atom. The summed E-state index contributed by atoms with van der Waals surface area (Å²) in [5.74, 6) is -1.49. The van der Waals surface area contributed by atoms with Crippen LogP contribution < -0.4 is 0 Å². The highest BCUT2D eigenvalue weighted by Crippen LogP contribution is 2.45. The number of phosphoric ester groups is 2. The Morgan fingerprint density at radius 2 is 0.613 bits per heavy atom. The number of aliphatic hydroxyl groups excluding tert-OH is 1. The highest BCUT2D eigenvalue weighted by molar-refractivity contribution is 7.47. The van der Waals surface area contributed by atoms with E-state index in [4.69, 9.17) is 37.0 Å². The van der Waals surface area contributed by atoms with Crippen molar-refractivity contribution >= 4 is 39.5 Å². The molecule has 0 saturated heterocycles. The molecule has 19 heteroatoms. The van der Waals surface area contributed by atoms with Crippen molar-refractivity contribution in [1.29, 1.82) is 0 Å². The van der Waals surface area contributed by atoms with E-state index in [-0.39, 0.29) is 25.7 Å². The van der Waals surface area contributed by atoms with Crippen molar-refractivity contribution in [2.45, 2.75) is 291 Å². The standard InChI is InChI=1S/C56H108O17P2/c1-6-9-12-15-16-17-18-19-20-21-22-23-24-25-32-37-42-56(61)73-52(46-67-54(59)40-35-31-27-26-30-33-38-49(4)5)48-71-75(64,65)69-44-50(57)43-68-74(62,63)70-47-51(72-55(60)41-36-29-14-11-8-3)45-66-53(58)39-34-28-13-10-7-2/h49-52,57H,6-48H2,1-5H3,(H,62,63)(H,64,65)/t50-,51+,52+/m0/s1. The number of hydrogen-bond donors (Lipinski definition) is 3. The molecule has 0 aromatic carbocycles. The van der Waals surface area contributed by atoms with Gasteiger partial charge in [0.15, 0.2) is 12.2 Å². The molecule has 0 saturated carbocycles. The monoisotopic (exact) mass is 1110 g/mol. The maximum Gasteiger partial charge on any atom is 0.472 e. The van der Waals surface area contributed by atoms with Crippen LogP contribution in [-0.4, -0.2) is 96.7 Å². The minimum Gasteiger partial charge on any atom is -0.462 e. The number of ether oxygens (including phenoxy) is 4. The number of rotatable bonds is 56. The molecule has 0 rings (SSSR count). The molecule has 0 fully saturated rings. The number of carbonyl (C=O) groups is 4. The highest BCUT2D eigenvalue weighted by atomic mass is 31.2. The van der Waals surface area contributed by atoms with Crippen LogP contribution in [0.5, 0.6) is 0 Å². The van der Waals surface area contributed by atoms with Crippen LogP contribution >= 0.6 is 15.6 Å². The van der Waals surface area contributed by atoms with Crippen molar-refractivity contribution in [2.75, 3.05) is 39.6 Å². The zero-order chi connectivity index (χ0) is 55.7. The largest absolute Gasteiger partial charge is 0.472 e. The average molecular weight is 1120 g/mol. The molecule has 0 spiro atoms. The Hall–Kier alpha value is -1.94. The van der Waals surface area contributed by atoms with Crippen molar-refractivity contribution in [3.63, 3.8) is 0 Å². The van der Waals surface area contributed by atoms with Gasteiger partial charge in [0.25, 0.3) is 0 Å². The summed E-state index contributed by atoms with van der Waals surface area (Å²) >= 11 is 0. The number of esters is 4. The second kappa shape index (κ2) is 50.3. The first-order chi connectivity index (χ1) is 36.0. The Labute approximate surface area is 454 Å². The van der Waals surface area contributed by atoms with Crippen LogP contribution in [-0.2, 0) is 65.4 Å². The molecule has 0 amide bonds. The lowest BCUT2D eigenvalue weighted by atomic mass is 10.0. The summed E-state index contributed by atoms with van der Waals surface area (Å²) in [4.78, 5) is 71.3. The molecule has 0 aliphatic carbocycles. The van der Waals surface area contributed by atoms with E-state index in [0.717, 1.165) is 103 Å². The second-order valence-electron chi connectivity index (χ2n) is 20.8. The first-order valence-electron chi connectivity index (χ1n) is 29.6. The van der Waals surface area contributed by atoms with Gasteiger partial charge in [0.2, 0.25) is 0 Å².